The molecule has 3 aromatic rings. The second-order valence-corrected chi connectivity index (χ2v) is 13.6. The smallest absolute Gasteiger partial charge is 0.436 e. The van der Waals surface area contributed by atoms with Gasteiger partial charge in [0.25, 0.3) is 0 Å². The number of nitrogens with one attached hydrogen (secondary N) is 1. The topological polar surface area (TPSA) is 165 Å². The molecule has 13 heteroatoms. The zero-order valence-corrected chi connectivity index (χ0v) is 24.9. The van der Waals surface area contributed by atoms with Crippen molar-refractivity contribution >= 4 is 62.4 Å². The molecule has 0 saturated carbocycles. The van der Waals surface area contributed by atoms with E-state index < -0.39 is 39.8 Å². The Labute approximate surface area is 240 Å². The summed E-state index contributed by atoms with van der Waals surface area (Å²) in [6, 6.07) is 12.7. The van der Waals surface area contributed by atoms with E-state index in [2.05, 4.69) is 10.3 Å². The van der Waals surface area contributed by atoms with Gasteiger partial charge in [-0.2, -0.15) is 4.99 Å². The molecule has 0 aliphatic heterocycles. The number of thioether (sulfide) groups is 1. The molecule has 0 unspecified atom stereocenters. The number of hydrogen-bond donors (Lipinski definition) is 3. The van der Waals surface area contributed by atoms with Gasteiger partial charge in [-0.05, 0) is 69.3 Å². The van der Waals surface area contributed by atoms with Crippen molar-refractivity contribution < 1.29 is 32.6 Å². The Morgan fingerprint density at radius 3 is 2.42 bits per heavy atom. The number of carbonyl (C=O) groups excluding carboxylic acids is 2. The Kier molecular flexibility index (Phi) is 9.44. The van der Waals surface area contributed by atoms with Gasteiger partial charge < -0.3 is 20.9 Å². The van der Waals surface area contributed by atoms with E-state index in [4.69, 9.17) is 15.6 Å². The number of anilines is 1. The maximum atomic E-state index is 13.8. The summed E-state index contributed by atoms with van der Waals surface area (Å²) < 4.78 is 33.2. The van der Waals surface area contributed by atoms with Gasteiger partial charge in [-0.25, -0.2) is 13.2 Å². The first-order valence-electron chi connectivity index (χ1n) is 11.8. The molecule has 0 bridgehead atoms. The van der Waals surface area contributed by atoms with E-state index in [-0.39, 0.29) is 15.6 Å². The van der Waals surface area contributed by atoms with Crippen LogP contribution in [0.2, 0.25) is 0 Å². The van der Waals surface area contributed by atoms with E-state index in [9.17, 15) is 22.8 Å². The van der Waals surface area contributed by atoms with E-state index in [1.165, 1.54) is 30.0 Å². The van der Waals surface area contributed by atoms with Crippen molar-refractivity contribution in [3.05, 3.63) is 59.0 Å². The highest BCUT2D eigenvalue weighted by Crippen LogP contribution is 2.39. The number of thiophene rings is 1. The van der Waals surface area contributed by atoms with Crippen LogP contribution in [-0.4, -0.2) is 49.2 Å². The van der Waals surface area contributed by atoms with Crippen LogP contribution in [0.15, 0.2) is 67.5 Å². The number of nitrogens with two attached hydrogens (primary N) is 1. The highest BCUT2D eigenvalue weighted by molar-refractivity contribution is 8.01. The molecular formula is C27H29N3O7S3. The van der Waals surface area contributed by atoms with Crippen molar-refractivity contribution in [3.63, 3.8) is 0 Å². The SMILES string of the molecule is CSc1sc(C(N)=NC(=O)OC(C)(C)C)cc1S(=O)(=O)c1cccc(-c2c(C)cccc2NC(=O)CC(=O)O)c1. The third kappa shape index (κ3) is 7.49. The van der Waals surface area contributed by atoms with Crippen molar-refractivity contribution in [1.29, 1.82) is 0 Å². The summed E-state index contributed by atoms with van der Waals surface area (Å²) in [5.74, 6) is -2.13. The molecule has 0 spiro atoms. The standard InChI is InChI=1S/C27H29N3O7S3/c1-15-8-6-11-18(29-21(31)14-22(32)33)23(15)16-9-7-10-17(12-16)40(35,36)20-13-19(39-25(20)38-5)24(28)30-26(34)37-27(2,3)4/h6-13H,14H2,1-5H3,(H,29,31)(H,32,33)(H2,28,30,34). The Morgan fingerprint density at radius 1 is 1.12 bits per heavy atom. The third-order valence-corrected chi connectivity index (χ3v) is 9.62. The Balaban J connectivity index is 2.04. The van der Waals surface area contributed by atoms with Gasteiger partial charge in [0.2, 0.25) is 15.7 Å². The molecule has 1 aromatic heterocycles. The lowest BCUT2D eigenvalue weighted by atomic mass is 9.98. The summed E-state index contributed by atoms with van der Waals surface area (Å²) in [4.78, 5) is 39.3. The molecule has 2 aromatic carbocycles. The Morgan fingerprint density at radius 2 is 1.80 bits per heavy atom. The minimum Gasteiger partial charge on any atom is -0.481 e. The minimum atomic E-state index is -4.05. The second kappa shape index (κ2) is 12.2. The number of rotatable bonds is 8. The van der Waals surface area contributed by atoms with E-state index in [0.717, 1.165) is 16.9 Å². The van der Waals surface area contributed by atoms with Gasteiger partial charge in [0.15, 0.2) is 0 Å². The average molecular weight is 604 g/mol. The Bertz CT molecular complexity index is 1600. The molecule has 4 N–H and O–H groups in total. The van der Waals surface area contributed by atoms with Crippen LogP contribution < -0.4 is 11.1 Å². The number of sulfone groups is 1. The molecule has 2 amide bonds. The normalized spacial score (nSPS) is 12.2. The van der Waals surface area contributed by atoms with Crippen LogP contribution in [0.4, 0.5) is 10.5 Å². The van der Waals surface area contributed by atoms with Crippen LogP contribution >= 0.6 is 23.1 Å². The number of aliphatic imine (C=N–C) groups is 1. The molecular weight excluding hydrogens is 575 g/mol. The summed E-state index contributed by atoms with van der Waals surface area (Å²) in [5.41, 5.74) is 7.43. The first-order chi connectivity index (χ1) is 18.6. The van der Waals surface area contributed by atoms with Crippen molar-refractivity contribution in [2.24, 2.45) is 10.7 Å². The predicted octanol–water partition coefficient (Wildman–Crippen LogP) is 5.33. The fourth-order valence-electron chi connectivity index (χ4n) is 3.68. The molecule has 0 fully saturated rings. The number of aliphatic carboxylic acids is 1. The summed E-state index contributed by atoms with van der Waals surface area (Å²) in [6.07, 6.45) is 0.136. The van der Waals surface area contributed by atoms with Gasteiger partial charge in [0.1, 0.15) is 17.9 Å². The summed E-state index contributed by atoms with van der Waals surface area (Å²) in [6.45, 7) is 6.87. The third-order valence-electron chi connectivity index (χ3n) is 5.29. The van der Waals surface area contributed by atoms with Crippen molar-refractivity contribution in [2.75, 3.05) is 11.6 Å². The highest BCUT2D eigenvalue weighted by atomic mass is 32.2. The second-order valence-electron chi connectivity index (χ2n) is 9.59. The number of amidine groups is 1. The van der Waals surface area contributed by atoms with E-state index >= 15 is 0 Å². The lowest BCUT2D eigenvalue weighted by Gasteiger charge is -2.17. The molecule has 0 atom stereocenters. The number of nitrogens with zero attached hydrogens (tertiary/aromatic N) is 1. The van der Waals surface area contributed by atoms with Crippen LogP contribution in [0.3, 0.4) is 0 Å². The van der Waals surface area contributed by atoms with Crippen LogP contribution in [0, 0.1) is 6.92 Å². The fraction of sp³-hybridized carbons (Fsp3) is 0.259. The van der Waals surface area contributed by atoms with Gasteiger partial charge in [-0.1, -0.05) is 24.3 Å². The van der Waals surface area contributed by atoms with E-state index in [1.807, 2.05) is 0 Å². The monoisotopic (exact) mass is 603 g/mol. The molecule has 0 saturated heterocycles. The van der Waals surface area contributed by atoms with Crippen molar-refractivity contribution in [1.82, 2.24) is 0 Å². The minimum absolute atomic E-state index is 0.00151. The van der Waals surface area contributed by atoms with Gasteiger partial charge in [-0.15, -0.1) is 23.1 Å². The first-order valence-corrected chi connectivity index (χ1v) is 15.4. The van der Waals surface area contributed by atoms with Gasteiger partial charge in [0.05, 0.1) is 18.9 Å². The molecule has 0 aliphatic carbocycles. The number of amides is 2. The van der Waals surface area contributed by atoms with Crippen LogP contribution in [0.25, 0.3) is 11.1 Å². The predicted molar refractivity (Wildman–Crippen MR) is 156 cm³/mol. The van der Waals surface area contributed by atoms with Crippen molar-refractivity contribution in [3.8, 4) is 11.1 Å². The summed E-state index contributed by atoms with van der Waals surface area (Å²) >= 11 is 2.31. The van der Waals surface area contributed by atoms with Crippen LogP contribution in [-0.2, 0) is 24.2 Å². The number of aryl methyl sites for hydroxylation is 1. The highest BCUT2D eigenvalue weighted by Gasteiger charge is 2.26. The number of carbonyl (C=O) groups is 3. The van der Waals surface area contributed by atoms with Crippen LogP contribution in [0.5, 0.6) is 0 Å². The zero-order valence-electron chi connectivity index (χ0n) is 22.5. The molecule has 40 heavy (non-hydrogen) atoms. The van der Waals surface area contributed by atoms with E-state index in [0.29, 0.717) is 25.9 Å². The summed E-state index contributed by atoms with van der Waals surface area (Å²) in [5, 5.41) is 11.5. The largest absolute Gasteiger partial charge is 0.481 e. The zero-order chi connectivity index (χ0) is 29.8. The molecule has 0 aliphatic rings. The number of carboxylic acids is 1. The number of ether oxygens (including phenoxy) is 1. The Hall–Kier alpha value is -3.68. The number of carboxylic acid groups (broad SMARTS) is 1. The van der Waals surface area contributed by atoms with Crippen molar-refractivity contribution in [2.45, 2.75) is 53.7 Å². The quantitative estimate of drug-likeness (QED) is 0.133. The summed E-state index contributed by atoms with van der Waals surface area (Å²) in [7, 11) is -4.05. The average Bonchev–Trinajstić information content (AvgIpc) is 3.28. The molecule has 10 nitrogen and oxygen atoms in total. The van der Waals surface area contributed by atoms with Gasteiger partial charge in [-0.3, -0.25) is 9.59 Å². The van der Waals surface area contributed by atoms with Gasteiger partial charge in [0, 0.05) is 11.3 Å². The number of hydrogen-bond acceptors (Lipinski definition) is 8. The van der Waals surface area contributed by atoms with E-state index in [1.54, 1.807) is 64.3 Å². The lowest BCUT2D eigenvalue weighted by Crippen LogP contribution is -2.24. The first kappa shape index (κ1) is 30.9. The fourth-order valence-corrected chi connectivity index (χ4v) is 7.63. The number of benzene rings is 2. The maximum absolute atomic E-state index is 13.8. The van der Waals surface area contributed by atoms with Crippen LogP contribution in [0.1, 0.15) is 37.6 Å². The maximum Gasteiger partial charge on any atom is 0.436 e. The van der Waals surface area contributed by atoms with Gasteiger partial charge >= 0.3 is 12.1 Å². The molecule has 0 radical (unpaired) electrons. The molecule has 212 valence electrons. The molecule has 3 rings (SSSR count). The lowest BCUT2D eigenvalue weighted by molar-refractivity contribution is -0.139. The molecule has 1 heterocycles.